The van der Waals surface area contributed by atoms with E-state index in [4.69, 9.17) is 18.6 Å². The molecule has 1 aliphatic carbocycles. The molecule has 4 nitrogen and oxygen atoms in total. The minimum atomic E-state index is -0.105. The molecule has 4 heteroatoms. The molecule has 0 N–H and O–H groups in total. The second kappa shape index (κ2) is 6.26. The Morgan fingerprint density at radius 1 is 0.733 bits per heavy atom. The summed E-state index contributed by atoms with van der Waals surface area (Å²) < 4.78 is 24.2. The zero-order valence-electron chi connectivity index (χ0n) is 16.6. The number of para-hydroxylation sites is 1. The standard InChI is InChI=1S/C26H22O4/c1-4-8-22-16(5-1)18-12-24-25(28-14-27-24)13-20(18)26(30-22)15-9-10-23-19(11-15)17-6-2-3-7-21(17)29-23/h2-3,6-7,9-13,16,22,26H,1,4-5,8,14H2/t16-,22-,26-/m0/s1. The van der Waals surface area contributed by atoms with Crippen LogP contribution in [0, 0.1) is 0 Å². The third-order valence-corrected chi connectivity index (χ3v) is 6.98. The summed E-state index contributed by atoms with van der Waals surface area (Å²) in [6, 6.07) is 19.0. The van der Waals surface area contributed by atoms with E-state index in [0.717, 1.165) is 45.4 Å². The molecule has 0 amide bonds. The van der Waals surface area contributed by atoms with E-state index in [2.05, 4.69) is 42.5 Å². The first-order chi connectivity index (χ1) is 14.8. The largest absolute Gasteiger partial charge is 0.456 e. The molecular formula is C26H22O4. The van der Waals surface area contributed by atoms with Crippen LogP contribution in [0.5, 0.6) is 11.5 Å². The first-order valence-electron chi connectivity index (χ1n) is 10.9. The van der Waals surface area contributed by atoms with Crippen molar-refractivity contribution in [2.45, 2.75) is 43.8 Å². The Morgan fingerprint density at radius 2 is 1.53 bits per heavy atom. The van der Waals surface area contributed by atoms with Crippen LogP contribution in [0.25, 0.3) is 21.9 Å². The Balaban J connectivity index is 1.42. The number of hydrogen-bond acceptors (Lipinski definition) is 4. The van der Waals surface area contributed by atoms with Gasteiger partial charge in [0.1, 0.15) is 17.3 Å². The van der Waals surface area contributed by atoms with Crippen molar-refractivity contribution < 1.29 is 18.6 Å². The fraction of sp³-hybridized carbons (Fsp3) is 0.308. The van der Waals surface area contributed by atoms with Gasteiger partial charge in [0, 0.05) is 16.7 Å². The van der Waals surface area contributed by atoms with Gasteiger partial charge in [-0.05, 0) is 59.9 Å². The molecule has 0 saturated heterocycles. The zero-order chi connectivity index (χ0) is 19.7. The zero-order valence-corrected chi connectivity index (χ0v) is 16.6. The summed E-state index contributed by atoms with van der Waals surface area (Å²) in [6.07, 6.45) is 4.94. The number of fused-ring (bicyclic) bond motifs is 7. The number of ether oxygens (including phenoxy) is 3. The third kappa shape index (κ3) is 2.37. The second-order valence-electron chi connectivity index (χ2n) is 8.63. The molecule has 3 heterocycles. The van der Waals surface area contributed by atoms with Crippen LogP contribution in [-0.4, -0.2) is 12.9 Å². The smallest absolute Gasteiger partial charge is 0.231 e. The Kier molecular flexibility index (Phi) is 3.50. The minimum Gasteiger partial charge on any atom is -0.456 e. The quantitative estimate of drug-likeness (QED) is 0.369. The normalized spacial score (nSPS) is 24.7. The van der Waals surface area contributed by atoms with E-state index in [0.29, 0.717) is 12.7 Å². The second-order valence-corrected chi connectivity index (χ2v) is 8.63. The van der Waals surface area contributed by atoms with Crippen molar-refractivity contribution in [1.29, 1.82) is 0 Å². The summed E-state index contributed by atoms with van der Waals surface area (Å²) in [6.45, 7) is 0.296. The Bertz CT molecular complexity index is 1290. The average molecular weight is 398 g/mol. The first-order valence-corrected chi connectivity index (χ1v) is 10.9. The number of rotatable bonds is 1. The number of hydrogen-bond donors (Lipinski definition) is 0. The molecule has 7 rings (SSSR count). The topological polar surface area (TPSA) is 40.8 Å². The molecule has 0 bridgehead atoms. The molecule has 3 atom stereocenters. The predicted octanol–water partition coefficient (Wildman–Crippen LogP) is 6.46. The molecule has 1 aromatic heterocycles. The van der Waals surface area contributed by atoms with E-state index in [-0.39, 0.29) is 12.2 Å². The fourth-order valence-corrected chi connectivity index (χ4v) is 5.55. The number of benzene rings is 3. The summed E-state index contributed by atoms with van der Waals surface area (Å²) in [5.74, 6) is 2.14. The molecule has 0 radical (unpaired) electrons. The van der Waals surface area contributed by atoms with Crippen LogP contribution in [0.4, 0.5) is 0 Å². The van der Waals surface area contributed by atoms with E-state index in [1.165, 1.54) is 30.4 Å². The van der Waals surface area contributed by atoms with Crippen molar-refractivity contribution in [2.75, 3.05) is 6.79 Å². The van der Waals surface area contributed by atoms with Gasteiger partial charge >= 0.3 is 0 Å². The van der Waals surface area contributed by atoms with Crippen LogP contribution >= 0.6 is 0 Å². The summed E-state index contributed by atoms with van der Waals surface area (Å²) in [7, 11) is 0. The van der Waals surface area contributed by atoms with Crippen LogP contribution in [0.2, 0.25) is 0 Å². The summed E-state index contributed by atoms with van der Waals surface area (Å²) in [5, 5.41) is 2.28. The van der Waals surface area contributed by atoms with Crippen molar-refractivity contribution >= 4 is 21.9 Å². The summed E-state index contributed by atoms with van der Waals surface area (Å²) in [4.78, 5) is 0. The molecular weight excluding hydrogens is 376 g/mol. The highest BCUT2D eigenvalue weighted by Gasteiger charge is 2.39. The van der Waals surface area contributed by atoms with Crippen LogP contribution in [0.1, 0.15) is 54.4 Å². The number of furan rings is 1. The summed E-state index contributed by atoms with van der Waals surface area (Å²) in [5.41, 5.74) is 5.59. The molecule has 30 heavy (non-hydrogen) atoms. The molecule has 1 saturated carbocycles. The van der Waals surface area contributed by atoms with Crippen molar-refractivity contribution in [3.63, 3.8) is 0 Å². The molecule has 1 fully saturated rings. The molecule has 2 aliphatic heterocycles. The molecule has 3 aromatic carbocycles. The third-order valence-electron chi connectivity index (χ3n) is 6.98. The lowest BCUT2D eigenvalue weighted by Crippen LogP contribution is -2.33. The van der Waals surface area contributed by atoms with Gasteiger partial charge in [0.15, 0.2) is 11.5 Å². The molecule has 0 unspecified atom stereocenters. The van der Waals surface area contributed by atoms with Gasteiger partial charge < -0.3 is 18.6 Å². The fourth-order valence-electron chi connectivity index (χ4n) is 5.55. The molecule has 0 spiro atoms. The van der Waals surface area contributed by atoms with Crippen LogP contribution in [0.15, 0.2) is 59.0 Å². The lowest BCUT2D eigenvalue weighted by Gasteiger charge is -2.41. The highest BCUT2D eigenvalue weighted by Crippen LogP contribution is 2.51. The Morgan fingerprint density at radius 3 is 2.47 bits per heavy atom. The van der Waals surface area contributed by atoms with Gasteiger partial charge in [0.05, 0.1) is 6.10 Å². The van der Waals surface area contributed by atoms with Gasteiger partial charge in [-0.2, -0.15) is 0 Å². The van der Waals surface area contributed by atoms with Crippen molar-refractivity contribution in [3.8, 4) is 11.5 Å². The maximum absolute atomic E-state index is 6.77. The SMILES string of the molecule is c1ccc2c(c1)oc1ccc([C@@H]3O[C@H]4CCCC[C@H]4c4cc5c(cc43)OCO5)cc12. The summed E-state index contributed by atoms with van der Waals surface area (Å²) >= 11 is 0. The maximum Gasteiger partial charge on any atom is 0.231 e. The lowest BCUT2D eigenvalue weighted by molar-refractivity contribution is -0.0389. The van der Waals surface area contributed by atoms with Gasteiger partial charge in [0.25, 0.3) is 0 Å². The van der Waals surface area contributed by atoms with E-state index in [1.807, 2.05) is 12.1 Å². The monoisotopic (exact) mass is 398 g/mol. The highest BCUT2D eigenvalue weighted by atomic mass is 16.7. The van der Waals surface area contributed by atoms with Crippen LogP contribution < -0.4 is 9.47 Å². The average Bonchev–Trinajstić information content (AvgIpc) is 3.40. The van der Waals surface area contributed by atoms with Crippen LogP contribution in [-0.2, 0) is 4.74 Å². The Hall–Kier alpha value is -2.98. The highest BCUT2D eigenvalue weighted by molar-refractivity contribution is 6.05. The lowest BCUT2D eigenvalue weighted by atomic mass is 9.76. The van der Waals surface area contributed by atoms with E-state index < -0.39 is 0 Å². The van der Waals surface area contributed by atoms with Gasteiger partial charge in [-0.25, -0.2) is 0 Å². The van der Waals surface area contributed by atoms with Crippen LogP contribution in [0.3, 0.4) is 0 Å². The maximum atomic E-state index is 6.77. The molecule has 4 aromatic rings. The van der Waals surface area contributed by atoms with E-state index in [9.17, 15) is 0 Å². The molecule has 150 valence electrons. The van der Waals surface area contributed by atoms with Crippen molar-refractivity contribution in [3.05, 3.63) is 71.3 Å². The van der Waals surface area contributed by atoms with Gasteiger partial charge in [-0.15, -0.1) is 0 Å². The van der Waals surface area contributed by atoms with E-state index >= 15 is 0 Å². The predicted molar refractivity (Wildman–Crippen MR) is 114 cm³/mol. The molecule has 3 aliphatic rings. The first kappa shape index (κ1) is 16.8. The minimum absolute atomic E-state index is 0.105. The van der Waals surface area contributed by atoms with Crippen molar-refractivity contribution in [2.24, 2.45) is 0 Å². The van der Waals surface area contributed by atoms with Gasteiger partial charge in [0.2, 0.25) is 6.79 Å². The van der Waals surface area contributed by atoms with E-state index in [1.54, 1.807) is 0 Å². The van der Waals surface area contributed by atoms with Gasteiger partial charge in [-0.1, -0.05) is 37.1 Å². The van der Waals surface area contributed by atoms with Gasteiger partial charge in [-0.3, -0.25) is 0 Å². The Labute approximate surface area is 174 Å². The van der Waals surface area contributed by atoms with Crippen molar-refractivity contribution in [1.82, 2.24) is 0 Å².